The maximum absolute atomic E-state index is 12.6. The van der Waals surface area contributed by atoms with Gasteiger partial charge in [-0.05, 0) is 20.3 Å². The third-order valence-corrected chi connectivity index (χ3v) is 5.04. The predicted molar refractivity (Wildman–Crippen MR) is 80.1 cm³/mol. The second kappa shape index (κ2) is 7.54. The van der Waals surface area contributed by atoms with Crippen LogP contribution >= 0.6 is 0 Å². The van der Waals surface area contributed by atoms with Crippen molar-refractivity contribution < 1.29 is 8.42 Å². The van der Waals surface area contributed by atoms with Gasteiger partial charge in [-0.25, -0.2) is 18.4 Å². The van der Waals surface area contributed by atoms with Crippen LogP contribution in [-0.4, -0.2) is 42.3 Å². The number of unbranched alkanes of at least 4 members (excludes halogenated alkanes) is 2. The summed E-state index contributed by atoms with van der Waals surface area (Å²) in [6, 6.07) is -0.0826. The van der Waals surface area contributed by atoms with E-state index in [0.717, 1.165) is 19.3 Å². The maximum Gasteiger partial charge on any atom is 0.246 e. The van der Waals surface area contributed by atoms with Crippen LogP contribution in [0, 0.1) is 0 Å². The Balaban J connectivity index is 2.96. The quantitative estimate of drug-likeness (QED) is 0.744. The Hall–Kier alpha value is -1.21. The molecule has 20 heavy (non-hydrogen) atoms. The molecule has 0 saturated heterocycles. The predicted octanol–water partition coefficient (Wildman–Crippen LogP) is 2.11. The standard InChI is InChI=1S/C13H24N4O2S/c1-5-6-7-8-17(11(2)3)20(18,19)12-9-15-13(14-4)16-10-12/h9-11H,5-8H2,1-4H3,(H,14,15,16). The number of nitrogens with zero attached hydrogens (tertiary/aromatic N) is 3. The first kappa shape index (κ1) is 16.8. The third kappa shape index (κ3) is 4.14. The highest BCUT2D eigenvalue weighted by Crippen LogP contribution is 2.18. The van der Waals surface area contributed by atoms with Crippen molar-refractivity contribution >= 4 is 16.0 Å². The molecule has 1 rings (SSSR count). The maximum atomic E-state index is 12.6. The van der Waals surface area contributed by atoms with Gasteiger partial charge in [0, 0.05) is 19.6 Å². The van der Waals surface area contributed by atoms with Crippen LogP contribution in [0.2, 0.25) is 0 Å². The smallest absolute Gasteiger partial charge is 0.246 e. The minimum Gasteiger partial charge on any atom is -0.357 e. The monoisotopic (exact) mass is 300 g/mol. The van der Waals surface area contributed by atoms with Crippen molar-refractivity contribution in [3.05, 3.63) is 12.4 Å². The molecule has 0 saturated carbocycles. The van der Waals surface area contributed by atoms with Crippen molar-refractivity contribution in [3.63, 3.8) is 0 Å². The largest absolute Gasteiger partial charge is 0.357 e. The SMILES string of the molecule is CCCCCN(C(C)C)S(=O)(=O)c1cnc(NC)nc1. The second-order valence-corrected chi connectivity index (χ2v) is 6.80. The van der Waals surface area contributed by atoms with Gasteiger partial charge < -0.3 is 5.32 Å². The van der Waals surface area contributed by atoms with Gasteiger partial charge in [-0.15, -0.1) is 0 Å². The summed E-state index contributed by atoms with van der Waals surface area (Å²) in [5.74, 6) is 0.408. The second-order valence-electron chi connectivity index (χ2n) is 4.91. The van der Waals surface area contributed by atoms with E-state index in [1.165, 1.54) is 16.7 Å². The van der Waals surface area contributed by atoms with E-state index in [0.29, 0.717) is 12.5 Å². The summed E-state index contributed by atoms with van der Waals surface area (Å²) in [5.41, 5.74) is 0. The summed E-state index contributed by atoms with van der Waals surface area (Å²) >= 11 is 0. The normalized spacial score (nSPS) is 12.1. The fourth-order valence-corrected chi connectivity index (χ4v) is 3.45. The number of hydrogen-bond acceptors (Lipinski definition) is 5. The highest BCUT2D eigenvalue weighted by atomic mass is 32.2. The Morgan fingerprint density at radius 1 is 1.25 bits per heavy atom. The van der Waals surface area contributed by atoms with Crippen molar-refractivity contribution in [2.75, 3.05) is 18.9 Å². The van der Waals surface area contributed by atoms with Gasteiger partial charge in [0.25, 0.3) is 0 Å². The molecule has 6 nitrogen and oxygen atoms in total. The molecule has 0 aromatic carbocycles. The van der Waals surface area contributed by atoms with Gasteiger partial charge in [-0.1, -0.05) is 19.8 Å². The van der Waals surface area contributed by atoms with E-state index in [2.05, 4.69) is 22.2 Å². The zero-order valence-corrected chi connectivity index (χ0v) is 13.4. The first-order chi connectivity index (χ1) is 9.43. The summed E-state index contributed by atoms with van der Waals surface area (Å²) < 4.78 is 26.7. The molecule has 0 amide bonds. The van der Waals surface area contributed by atoms with Crippen LogP contribution in [0.15, 0.2) is 17.3 Å². The van der Waals surface area contributed by atoms with Crippen LogP contribution in [0.5, 0.6) is 0 Å². The molecule has 114 valence electrons. The molecule has 1 aromatic heterocycles. The molecule has 1 heterocycles. The van der Waals surface area contributed by atoms with E-state index in [1.807, 2.05) is 13.8 Å². The van der Waals surface area contributed by atoms with Crippen LogP contribution in [0.25, 0.3) is 0 Å². The molecule has 0 bridgehead atoms. The minimum absolute atomic E-state index is 0.0826. The van der Waals surface area contributed by atoms with Crippen molar-refractivity contribution in [2.24, 2.45) is 0 Å². The highest BCUT2D eigenvalue weighted by Gasteiger charge is 2.27. The van der Waals surface area contributed by atoms with Crippen LogP contribution in [-0.2, 0) is 10.0 Å². The van der Waals surface area contributed by atoms with E-state index in [1.54, 1.807) is 7.05 Å². The molecule has 0 aliphatic carbocycles. The Kier molecular flexibility index (Phi) is 6.35. The van der Waals surface area contributed by atoms with E-state index >= 15 is 0 Å². The molecule has 7 heteroatoms. The van der Waals surface area contributed by atoms with Gasteiger partial charge in [0.15, 0.2) is 0 Å². The van der Waals surface area contributed by atoms with Gasteiger partial charge in [0.05, 0.1) is 12.4 Å². The third-order valence-electron chi connectivity index (χ3n) is 3.02. The lowest BCUT2D eigenvalue weighted by Crippen LogP contribution is -2.37. The molecule has 1 N–H and O–H groups in total. The molecular weight excluding hydrogens is 276 g/mol. The Morgan fingerprint density at radius 2 is 1.85 bits per heavy atom. The molecule has 0 radical (unpaired) electrons. The summed E-state index contributed by atoms with van der Waals surface area (Å²) in [7, 11) is -1.84. The fraction of sp³-hybridized carbons (Fsp3) is 0.692. The lowest BCUT2D eigenvalue weighted by molar-refractivity contribution is 0.345. The number of anilines is 1. The van der Waals surface area contributed by atoms with Crippen molar-refractivity contribution in [1.82, 2.24) is 14.3 Å². The van der Waals surface area contributed by atoms with Crippen LogP contribution in [0.4, 0.5) is 5.95 Å². The number of nitrogens with one attached hydrogen (secondary N) is 1. The number of sulfonamides is 1. The summed E-state index contributed by atoms with van der Waals surface area (Å²) in [5, 5.41) is 2.77. The van der Waals surface area contributed by atoms with Gasteiger partial charge in [0.1, 0.15) is 4.90 Å². The Morgan fingerprint density at radius 3 is 2.30 bits per heavy atom. The molecule has 0 unspecified atom stereocenters. The average Bonchev–Trinajstić information content (AvgIpc) is 2.43. The zero-order chi connectivity index (χ0) is 15.2. The number of hydrogen-bond donors (Lipinski definition) is 1. The van der Waals surface area contributed by atoms with Crippen LogP contribution in [0.1, 0.15) is 40.0 Å². The molecule has 0 fully saturated rings. The molecular formula is C13H24N4O2S. The first-order valence-corrected chi connectivity index (χ1v) is 8.39. The highest BCUT2D eigenvalue weighted by molar-refractivity contribution is 7.89. The lowest BCUT2D eigenvalue weighted by atomic mass is 10.2. The van der Waals surface area contributed by atoms with Gasteiger partial charge in [-0.2, -0.15) is 4.31 Å². The first-order valence-electron chi connectivity index (χ1n) is 6.95. The summed E-state index contributed by atoms with van der Waals surface area (Å²) in [4.78, 5) is 8.09. The topological polar surface area (TPSA) is 75.2 Å². The average molecular weight is 300 g/mol. The minimum atomic E-state index is -3.53. The zero-order valence-electron chi connectivity index (χ0n) is 12.6. The van der Waals surface area contributed by atoms with Gasteiger partial charge >= 0.3 is 0 Å². The van der Waals surface area contributed by atoms with Crippen molar-refractivity contribution in [3.8, 4) is 0 Å². The van der Waals surface area contributed by atoms with E-state index in [-0.39, 0.29) is 10.9 Å². The molecule has 0 atom stereocenters. The fourth-order valence-electron chi connectivity index (χ4n) is 1.89. The number of rotatable bonds is 8. The summed E-state index contributed by atoms with van der Waals surface area (Å²) in [6.07, 6.45) is 5.65. The Labute approximate surface area is 121 Å². The van der Waals surface area contributed by atoms with Gasteiger partial charge in [-0.3, -0.25) is 0 Å². The Bertz CT molecular complexity index is 500. The molecule has 0 spiro atoms. The molecule has 0 aliphatic heterocycles. The van der Waals surface area contributed by atoms with Crippen molar-refractivity contribution in [2.45, 2.75) is 51.0 Å². The van der Waals surface area contributed by atoms with Crippen LogP contribution in [0.3, 0.4) is 0 Å². The van der Waals surface area contributed by atoms with Crippen LogP contribution < -0.4 is 5.32 Å². The number of aromatic nitrogens is 2. The van der Waals surface area contributed by atoms with E-state index in [4.69, 9.17) is 0 Å². The van der Waals surface area contributed by atoms with E-state index < -0.39 is 10.0 Å². The molecule has 1 aromatic rings. The molecule has 0 aliphatic rings. The van der Waals surface area contributed by atoms with E-state index in [9.17, 15) is 8.42 Å². The summed E-state index contributed by atoms with van der Waals surface area (Å²) in [6.45, 7) is 6.39. The lowest BCUT2D eigenvalue weighted by Gasteiger charge is -2.25. The van der Waals surface area contributed by atoms with Crippen molar-refractivity contribution in [1.29, 1.82) is 0 Å². The van der Waals surface area contributed by atoms with Gasteiger partial charge in [0.2, 0.25) is 16.0 Å².